The lowest BCUT2D eigenvalue weighted by Crippen LogP contribution is -2.10. The lowest BCUT2D eigenvalue weighted by molar-refractivity contribution is -0.129. The molecule has 0 saturated carbocycles. The summed E-state index contributed by atoms with van der Waals surface area (Å²) in [4.78, 5) is 77.1. The molecule has 0 fully saturated rings. The topological polar surface area (TPSA) is 192 Å². The summed E-state index contributed by atoms with van der Waals surface area (Å²) in [5, 5.41) is 0. The van der Waals surface area contributed by atoms with Crippen LogP contribution in [0.3, 0.4) is 0 Å². The van der Waals surface area contributed by atoms with E-state index in [-0.39, 0.29) is 25.7 Å². The number of esters is 4. The Kier molecular flexibility index (Phi) is 32.1. The van der Waals surface area contributed by atoms with Crippen LogP contribution in [0.15, 0.2) is 311 Å². The van der Waals surface area contributed by atoms with E-state index in [4.69, 9.17) is 37.9 Å². The van der Waals surface area contributed by atoms with Gasteiger partial charge in [-0.1, -0.05) is 126 Å². The Balaban J connectivity index is 0.994. The number of para-hydroxylation sites is 4. The molecule has 16 nitrogen and oxygen atoms in total. The van der Waals surface area contributed by atoms with Crippen molar-refractivity contribution in [1.82, 2.24) is 0 Å². The first kappa shape index (κ1) is 87.2. The van der Waals surface area contributed by atoms with Crippen molar-refractivity contribution < 1.29 is 57.1 Å². The summed E-state index contributed by atoms with van der Waals surface area (Å²) >= 11 is 0. The fourth-order valence-electron chi connectivity index (χ4n) is 13.9. The maximum absolute atomic E-state index is 14.7. The van der Waals surface area contributed by atoms with E-state index >= 15 is 0 Å². The zero-order chi connectivity index (χ0) is 85.9. The molecular weight excluding hydrogens is 1550 g/mol. The average Bonchev–Trinajstić information content (AvgIpc) is 0.772. The second-order valence-electron chi connectivity index (χ2n) is 29.8. The minimum atomic E-state index is -0.638. The highest BCUT2D eigenvalue weighted by Gasteiger charge is 2.24. The van der Waals surface area contributed by atoms with Crippen LogP contribution >= 0.6 is 0 Å². The number of hydrogen-bond donors (Lipinski definition) is 0. The summed E-state index contributed by atoms with van der Waals surface area (Å²) in [6.45, 7) is 10.1. The molecule has 13 rings (SSSR count). The summed E-state index contributed by atoms with van der Waals surface area (Å²) in [6, 6.07) is 83.2. The average molecular weight is 1650 g/mol. The number of aliphatic imine (C=N–C) groups is 4. The third-order valence-corrected chi connectivity index (χ3v) is 20.3. The summed E-state index contributed by atoms with van der Waals surface area (Å²) < 4.78 is 51.7. The van der Waals surface area contributed by atoms with E-state index in [0.29, 0.717) is 94.7 Å². The fourth-order valence-corrected chi connectivity index (χ4v) is 13.9. The molecule has 0 spiro atoms. The molecular formula is C108H100N4O12. The number of ether oxygens (including phenoxy) is 8. The van der Waals surface area contributed by atoms with Crippen LogP contribution in [0, 0.1) is 0 Å². The van der Waals surface area contributed by atoms with Crippen molar-refractivity contribution in [1.29, 1.82) is 0 Å². The first-order chi connectivity index (χ1) is 60.8. The van der Waals surface area contributed by atoms with Gasteiger partial charge in [0.05, 0.1) is 49.2 Å². The summed E-state index contributed by atoms with van der Waals surface area (Å²) in [7, 11) is 0. The van der Waals surface area contributed by atoms with Crippen LogP contribution in [-0.2, 0) is 44.9 Å². The van der Waals surface area contributed by atoms with Crippen molar-refractivity contribution in [2.24, 2.45) is 20.0 Å². The van der Waals surface area contributed by atoms with Gasteiger partial charge < -0.3 is 37.9 Å². The highest BCUT2D eigenvalue weighted by molar-refractivity contribution is 5.94. The number of fused-ring (bicyclic) bond motifs is 8. The maximum Gasteiger partial charge on any atom is 0.336 e. The molecule has 12 aromatic carbocycles. The van der Waals surface area contributed by atoms with Gasteiger partial charge in [-0.05, 0) is 359 Å². The number of hydrogen-bond acceptors (Lipinski definition) is 16. The zero-order valence-corrected chi connectivity index (χ0v) is 70.3. The minimum absolute atomic E-state index is 0.174. The third-order valence-electron chi connectivity index (χ3n) is 20.3. The van der Waals surface area contributed by atoms with Gasteiger partial charge in [-0.25, -0.2) is 19.2 Å². The van der Waals surface area contributed by atoms with Crippen LogP contribution in [0.4, 0.5) is 22.7 Å². The molecule has 0 saturated heterocycles. The first-order valence-corrected chi connectivity index (χ1v) is 42.3. The van der Waals surface area contributed by atoms with E-state index in [1.54, 1.807) is 97.7 Å². The van der Waals surface area contributed by atoms with Crippen LogP contribution in [0.5, 0.6) is 46.0 Å². The predicted octanol–water partition coefficient (Wildman–Crippen LogP) is 24.6. The van der Waals surface area contributed by atoms with Gasteiger partial charge in [0.2, 0.25) is 0 Å². The standard InChI is InChI=1S/C108H100N4O12/c1-5-9-57-117-97-65-81-61-83-67-98(118-58-10-6-2)69-85(102(83)50-54-106(114)122-94-43-35-78(36-44-94)74-110-90-27-19-14-20-28-90)63-87-71-100(120-60-12-8-4)72-88(104(87)52-56-108(116)124-96-47-39-80(40-48-96)76-112-92-31-23-16-24-32-92)64-86-70-99(119-59-11-7-3)68-84(103(86)51-55-107(115)123-95-45-37-79(38-46-95)75-111-91-29-21-15-22-30-91)62-82(66-97)101(81)49-53-105(113)121-93-41-33-77(34-42-93)73-109-89-25-17-13-18-26-89/h13-56,65-76H,5-12,57-64H2,1-4H3. The molecule has 0 atom stereocenters. The lowest BCUT2D eigenvalue weighted by atomic mass is 9.84. The highest BCUT2D eigenvalue weighted by Crippen LogP contribution is 2.39. The second-order valence-corrected chi connectivity index (χ2v) is 29.8. The maximum atomic E-state index is 14.7. The molecule has 624 valence electrons. The van der Waals surface area contributed by atoms with Gasteiger partial charge in [0.1, 0.15) is 46.0 Å². The first-order valence-electron chi connectivity index (χ1n) is 42.3. The van der Waals surface area contributed by atoms with Gasteiger partial charge in [-0.15, -0.1) is 0 Å². The van der Waals surface area contributed by atoms with Gasteiger partial charge in [-0.2, -0.15) is 0 Å². The van der Waals surface area contributed by atoms with Gasteiger partial charge in [-0.3, -0.25) is 20.0 Å². The highest BCUT2D eigenvalue weighted by atomic mass is 16.5. The summed E-state index contributed by atoms with van der Waals surface area (Å²) in [6.07, 6.45) is 27.1. The molecule has 0 aliphatic heterocycles. The second kappa shape index (κ2) is 45.7. The Morgan fingerprint density at radius 1 is 0.250 bits per heavy atom. The molecule has 124 heavy (non-hydrogen) atoms. The molecule has 0 unspecified atom stereocenters. The van der Waals surface area contributed by atoms with E-state index in [0.717, 1.165) is 141 Å². The normalized spacial score (nSPS) is 12.2. The number of carbonyl (C=O) groups is 4. The molecule has 12 aromatic rings. The van der Waals surface area contributed by atoms with Crippen LogP contribution in [0.2, 0.25) is 0 Å². The lowest BCUT2D eigenvalue weighted by Gasteiger charge is -2.23. The van der Waals surface area contributed by atoms with Gasteiger partial charge in [0, 0.05) is 49.2 Å². The summed E-state index contributed by atoms with van der Waals surface area (Å²) in [5.41, 5.74) is 15.0. The van der Waals surface area contributed by atoms with E-state index in [1.807, 2.05) is 218 Å². The molecule has 16 heteroatoms. The molecule has 0 aromatic heterocycles. The predicted molar refractivity (Wildman–Crippen MR) is 498 cm³/mol. The molecule has 0 radical (unpaired) electrons. The number of unbranched alkanes of at least 4 members (excludes halogenated alkanes) is 4. The van der Waals surface area contributed by atoms with Crippen molar-refractivity contribution in [3.8, 4) is 46.0 Å². The number of rotatable bonds is 36. The number of benzene rings is 12. The fraction of sp³-hybridized carbons (Fsp3) is 0.185. The van der Waals surface area contributed by atoms with Crippen LogP contribution in [0.25, 0.3) is 24.3 Å². The molecule has 1 aliphatic carbocycles. The number of carbonyl (C=O) groups excluding carboxylic acids is 4. The third kappa shape index (κ3) is 26.7. The van der Waals surface area contributed by atoms with E-state index in [2.05, 4.69) is 47.7 Å². The largest absolute Gasteiger partial charge is 0.494 e. The monoisotopic (exact) mass is 1640 g/mol. The quantitative estimate of drug-likeness (QED) is 0.0119. The van der Waals surface area contributed by atoms with E-state index in [1.165, 1.54) is 24.3 Å². The Morgan fingerprint density at radius 2 is 0.435 bits per heavy atom. The molecule has 1 aliphatic rings. The molecule has 0 amide bonds. The van der Waals surface area contributed by atoms with Crippen molar-refractivity contribution in [2.75, 3.05) is 26.4 Å². The van der Waals surface area contributed by atoms with Gasteiger partial charge in [0.25, 0.3) is 0 Å². The Labute approximate surface area is 726 Å². The smallest absolute Gasteiger partial charge is 0.336 e. The van der Waals surface area contributed by atoms with E-state index in [9.17, 15) is 19.2 Å². The van der Waals surface area contributed by atoms with Gasteiger partial charge >= 0.3 is 23.9 Å². The molecule has 8 bridgehead atoms. The van der Waals surface area contributed by atoms with Crippen molar-refractivity contribution in [2.45, 2.75) is 105 Å². The van der Waals surface area contributed by atoms with Crippen LogP contribution in [0.1, 0.15) is 168 Å². The molecule has 0 N–H and O–H groups in total. The van der Waals surface area contributed by atoms with Crippen molar-refractivity contribution in [3.63, 3.8) is 0 Å². The molecule has 0 heterocycles. The summed E-state index contributed by atoms with van der Waals surface area (Å²) in [5.74, 6) is 1.03. The van der Waals surface area contributed by atoms with Gasteiger partial charge in [0.15, 0.2) is 0 Å². The Morgan fingerprint density at radius 3 is 0.613 bits per heavy atom. The van der Waals surface area contributed by atoms with Crippen molar-refractivity contribution in [3.05, 3.63) is 380 Å². The number of nitrogens with zero attached hydrogens (tertiary/aromatic N) is 4. The van der Waals surface area contributed by atoms with Crippen LogP contribution < -0.4 is 37.9 Å². The van der Waals surface area contributed by atoms with E-state index < -0.39 is 23.9 Å². The Hall–Kier alpha value is -14.6. The van der Waals surface area contributed by atoms with Crippen molar-refractivity contribution >= 4 is 95.8 Å². The SMILES string of the molecule is CCCCOc1cc2c(C=CC(=O)Oc3ccc(C=Nc4ccccc4)cc3)c(c1)Cc1cc(OCCCC)cc(c1C=CC(=O)Oc1ccc(C=Nc3ccccc3)cc1)Cc1cc(OCCCC)cc(c1C=CC(=O)Oc1ccc(C=Nc3ccccc3)cc1)Cc1cc(OCCCC)cc(c1C=CC(=O)Oc1ccc(C=Nc3ccccc3)cc1)C2. The minimum Gasteiger partial charge on any atom is -0.494 e. The zero-order valence-electron chi connectivity index (χ0n) is 70.3. The Bertz CT molecular complexity index is 5030. The van der Waals surface area contributed by atoms with Crippen LogP contribution in [-0.4, -0.2) is 75.2 Å².